The average molecular weight is 354 g/mol. The fourth-order valence-electron chi connectivity index (χ4n) is 2.38. The Morgan fingerprint density at radius 2 is 1.81 bits per heavy atom. The lowest BCUT2D eigenvalue weighted by molar-refractivity contribution is 0.354. The fourth-order valence-corrected chi connectivity index (χ4v) is 2.38. The van der Waals surface area contributed by atoms with Crippen LogP contribution in [0.1, 0.15) is 5.56 Å². The molecule has 6 nitrogen and oxygen atoms in total. The van der Waals surface area contributed by atoms with Crippen LogP contribution in [0, 0.1) is 5.82 Å². The van der Waals surface area contributed by atoms with Gasteiger partial charge in [-0.25, -0.2) is 9.37 Å². The Morgan fingerprint density at radius 1 is 1.00 bits per heavy atom. The van der Waals surface area contributed by atoms with E-state index in [1.165, 1.54) is 6.07 Å². The number of nitrogens with zero attached hydrogens (tertiary/aromatic N) is 2. The molecule has 0 spiro atoms. The van der Waals surface area contributed by atoms with Crippen molar-refractivity contribution in [3.05, 3.63) is 66.1 Å². The largest absolute Gasteiger partial charge is 0.493 e. The molecule has 0 aliphatic rings. The molecular formula is C19H19FN4O2. The maximum absolute atomic E-state index is 13.7. The van der Waals surface area contributed by atoms with Crippen LogP contribution in [-0.2, 0) is 6.54 Å². The van der Waals surface area contributed by atoms with E-state index in [2.05, 4.69) is 20.6 Å². The van der Waals surface area contributed by atoms with Crippen LogP contribution in [0.15, 0.2) is 54.7 Å². The summed E-state index contributed by atoms with van der Waals surface area (Å²) in [4.78, 5) is 8.46. The molecule has 26 heavy (non-hydrogen) atoms. The fraction of sp³-hybridized carbons (Fsp3) is 0.158. The van der Waals surface area contributed by atoms with E-state index in [9.17, 15) is 4.39 Å². The van der Waals surface area contributed by atoms with Gasteiger partial charge in [0.05, 0.1) is 19.9 Å². The highest BCUT2D eigenvalue weighted by Gasteiger charge is 2.06. The third-order valence-electron chi connectivity index (χ3n) is 3.70. The number of rotatable bonds is 7. The van der Waals surface area contributed by atoms with E-state index in [0.29, 0.717) is 35.5 Å². The lowest BCUT2D eigenvalue weighted by Gasteiger charge is -2.11. The predicted octanol–water partition coefficient (Wildman–Crippen LogP) is 3.99. The molecule has 2 N–H and O–H groups in total. The number of para-hydroxylation sites is 1. The number of ether oxygens (including phenoxy) is 2. The molecule has 0 atom stereocenters. The first-order chi connectivity index (χ1) is 12.7. The molecular weight excluding hydrogens is 335 g/mol. The maximum atomic E-state index is 13.7. The second-order valence-electron chi connectivity index (χ2n) is 5.41. The van der Waals surface area contributed by atoms with Gasteiger partial charge in [0.25, 0.3) is 0 Å². The van der Waals surface area contributed by atoms with Gasteiger partial charge in [0.2, 0.25) is 5.95 Å². The first kappa shape index (κ1) is 17.5. The number of benzene rings is 2. The Morgan fingerprint density at radius 3 is 2.58 bits per heavy atom. The van der Waals surface area contributed by atoms with Crippen LogP contribution in [0.2, 0.25) is 0 Å². The summed E-state index contributed by atoms with van der Waals surface area (Å²) in [6.45, 7) is 0.538. The molecule has 0 saturated heterocycles. The molecule has 3 rings (SSSR count). The van der Waals surface area contributed by atoms with E-state index in [-0.39, 0.29) is 5.82 Å². The van der Waals surface area contributed by atoms with Crippen LogP contribution in [0.4, 0.5) is 21.8 Å². The van der Waals surface area contributed by atoms with E-state index < -0.39 is 0 Å². The number of halogens is 1. The molecule has 1 aromatic heterocycles. The number of methoxy groups -OCH3 is 2. The molecule has 0 aliphatic carbocycles. The van der Waals surface area contributed by atoms with E-state index in [4.69, 9.17) is 9.47 Å². The second kappa shape index (κ2) is 8.15. The molecule has 0 bridgehead atoms. The van der Waals surface area contributed by atoms with Crippen molar-refractivity contribution in [1.82, 2.24) is 9.97 Å². The van der Waals surface area contributed by atoms with Crippen molar-refractivity contribution in [1.29, 1.82) is 0 Å². The van der Waals surface area contributed by atoms with Crippen LogP contribution in [0.3, 0.4) is 0 Å². The second-order valence-corrected chi connectivity index (χ2v) is 5.41. The van der Waals surface area contributed by atoms with Gasteiger partial charge in [-0.05, 0) is 35.9 Å². The zero-order valence-electron chi connectivity index (χ0n) is 14.5. The van der Waals surface area contributed by atoms with Gasteiger partial charge in [0.15, 0.2) is 11.5 Å². The van der Waals surface area contributed by atoms with E-state index in [1.807, 2.05) is 18.2 Å². The SMILES string of the molecule is COc1ccc(CNc2ccnc(Nc3ccccc3F)n2)cc1OC. The standard InChI is InChI=1S/C19H19FN4O2/c1-25-16-8-7-13(11-17(16)26-2)12-22-18-9-10-21-19(24-18)23-15-6-4-3-5-14(15)20/h3-11H,12H2,1-2H3,(H2,21,22,23,24). The first-order valence-corrected chi connectivity index (χ1v) is 7.99. The number of anilines is 3. The van der Waals surface area contributed by atoms with Crippen LogP contribution >= 0.6 is 0 Å². The van der Waals surface area contributed by atoms with Crippen molar-refractivity contribution in [2.75, 3.05) is 24.9 Å². The lowest BCUT2D eigenvalue weighted by atomic mass is 10.2. The lowest BCUT2D eigenvalue weighted by Crippen LogP contribution is -2.05. The Labute approximate surface area is 151 Å². The summed E-state index contributed by atoms with van der Waals surface area (Å²) >= 11 is 0. The summed E-state index contributed by atoms with van der Waals surface area (Å²) in [6, 6.07) is 13.8. The van der Waals surface area contributed by atoms with Crippen molar-refractivity contribution < 1.29 is 13.9 Å². The van der Waals surface area contributed by atoms with Gasteiger partial charge in [-0.3, -0.25) is 0 Å². The molecule has 0 aliphatic heterocycles. The van der Waals surface area contributed by atoms with Gasteiger partial charge in [0.1, 0.15) is 11.6 Å². The molecule has 134 valence electrons. The summed E-state index contributed by atoms with van der Waals surface area (Å²) in [7, 11) is 3.20. The number of hydrogen-bond acceptors (Lipinski definition) is 6. The summed E-state index contributed by atoms with van der Waals surface area (Å²) < 4.78 is 24.3. The summed E-state index contributed by atoms with van der Waals surface area (Å²) in [6.07, 6.45) is 1.60. The van der Waals surface area contributed by atoms with Crippen molar-refractivity contribution in [3.8, 4) is 11.5 Å². The topological polar surface area (TPSA) is 68.3 Å². The van der Waals surface area contributed by atoms with Crippen molar-refractivity contribution in [2.45, 2.75) is 6.54 Å². The third kappa shape index (κ3) is 4.18. The molecule has 1 heterocycles. The van der Waals surface area contributed by atoms with Gasteiger partial charge >= 0.3 is 0 Å². The molecule has 7 heteroatoms. The van der Waals surface area contributed by atoms with Gasteiger partial charge in [-0.15, -0.1) is 0 Å². The minimum Gasteiger partial charge on any atom is -0.493 e. The summed E-state index contributed by atoms with van der Waals surface area (Å²) in [5.74, 6) is 1.91. The quantitative estimate of drug-likeness (QED) is 0.669. The van der Waals surface area contributed by atoms with Crippen molar-refractivity contribution in [3.63, 3.8) is 0 Å². The van der Waals surface area contributed by atoms with Crippen LogP contribution in [0.5, 0.6) is 11.5 Å². The number of hydrogen-bond donors (Lipinski definition) is 2. The van der Waals surface area contributed by atoms with Gasteiger partial charge in [-0.1, -0.05) is 18.2 Å². The Hall–Kier alpha value is -3.35. The zero-order valence-corrected chi connectivity index (χ0v) is 14.5. The third-order valence-corrected chi connectivity index (χ3v) is 3.70. The summed E-state index contributed by atoms with van der Waals surface area (Å²) in [5, 5.41) is 6.08. The zero-order chi connectivity index (χ0) is 18.4. The first-order valence-electron chi connectivity index (χ1n) is 7.99. The molecule has 0 fully saturated rings. The molecule has 2 aromatic carbocycles. The monoisotopic (exact) mass is 354 g/mol. The van der Waals surface area contributed by atoms with Gasteiger partial charge in [0, 0.05) is 12.7 Å². The highest BCUT2D eigenvalue weighted by molar-refractivity contribution is 5.55. The average Bonchev–Trinajstić information content (AvgIpc) is 2.68. The number of aromatic nitrogens is 2. The van der Waals surface area contributed by atoms with E-state index in [1.54, 1.807) is 44.7 Å². The highest BCUT2D eigenvalue weighted by atomic mass is 19.1. The van der Waals surface area contributed by atoms with Gasteiger partial charge < -0.3 is 20.1 Å². The summed E-state index contributed by atoms with van der Waals surface area (Å²) in [5.41, 5.74) is 1.33. The smallest absolute Gasteiger partial charge is 0.229 e. The molecule has 3 aromatic rings. The maximum Gasteiger partial charge on any atom is 0.229 e. The van der Waals surface area contributed by atoms with E-state index in [0.717, 1.165) is 5.56 Å². The van der Waals surface area contributed by atoms with Crippen molar-refractivity contribution >= 4 is 17.5 Å². The normalized spacial score (nSPS) is 10.3. The Kier molecular flexibility index (Phi) is 5.48. The minimum atomic E-state index is -0.361. The Bertz CT molecular complexity index is 889. The van der Waals surface area contributed by atoms with Crippen LogP contribution in [-0.4, -0.2) is 24.2 Å². The Balaban J connectivity index is 1.68. The van der Waals surface area contributed by atoms with Crippen LogP contribution < -0.4 is 20.1 Å². The van der Waals surface area contributed by atoms with E-state index >= 15 is 0 Å². The highest BCUT2D eigenvalue weighted by Crippen LogP contribution is 2.27. The molecule has 0 saturated carbocycles. The molecule has 0 unspecified atom stereocenters. The van der Waals surface area contributed by atoms with Crippen LogP contribution in [0.25, 0.3) is 0 Å². The van der Waals surface area contributed by atoms with Crippen molar-refractivity contribution in [2.24, 2.45) is 0 Å². The predicted molar refractivity (Wildman–Crippen MR) is 98.6 cm³/mol. The molecule has 0 radical (unpaired) electrons. The minimum absolute atomic E-state index is 0.312. The van der Waals surface area contributed by atoms with Gasteiger partial charge in [-0.2, -0.15) is 4.98 Å². The number of nitrogens with one attached hydrogen (secondary N) is 2. The molecule has 0 amide bonds.